The van der Waals surface area contributed by atoms with Crippen molar-refractivity contribution in [2.75, 3.05) is 6.61 Å². The fraction of sp³-hybridized carbons (Fsp3) is 1.00. The minimum atomic E-state index is -1.57. The Morgan fingerprint density at radius 3 is 1.92 bits per heavy atom. The summed E-state index contributed by atoms with van der Waals surface area (Å²) in [5.74, 6) is 0. The molecule has 7 heteroatoms. The van der Waals surface area contributed by atoms with Crippen molar-refractivity contribution in [2.24, 2.45) is 0 Å². The van der Waals surface area contributed by atoms with Crippen molar-refractivity contribution in [3.8, 4) is 0 Å². The Bertz CT molecular complexity index is 151. The molecule has 0 aromatic carbocycles. The third-order valence-corrected chi connectivity index (χ3v) is 1.87. The molecule has 1 aliphatic heterocycles. The Kier molecular flexibility index (Phi) is 5.92. The maximum Gasteiger partial charge on any atom is 0.184 e. The van der Waals surface area contributed by atoms with Crippen molar-refractivity contribution >= 4 is 29.6 Å². The van der Waals surface area contributed by atoms with Gasteiger partial charge in [0.05, 0.1) is 6.61 Å². The molecule has 0 bridgehead atoms. The van der Waals surface area contributed by atoms with Gasteiger partial charge >= 0.3 is 0 Å². The van der Waals surface area contributed by atoms with E-state index in [0.717, 1.165) is 0 Å². The minimum absolute atomic E-state index is 0. The second kappa shape index (κ2) is 5.59. The normalized spacial score (nSPS) is 45.5. The van der Waals surface area contributed by atoms with E-state index in [1.807, 2.05) is 0 Å². The van der Waals surface area contributed by atoms with Crippen LogP contribution in [0.4, 0.5) is 0 Å². The fourth-order valence-corrected chi connectivity index (χ4v) is 1.08. The molecule has 1 fully saturated rings. The van der Waals surface area contributed by atoms with E-state index in [4.69, 9.17) is 25.5 Å². The van der Waals surface area contributed by atoms with Crippen LogP contribution in [0.15, 0.2) is 0 Å². The zero-order valence-corrected chi connectivity index (χ0v) is 9.24. The van der Waals surface area contributed by atoms with Gasteiger partial charge in [-0.2, -0.15) is 0 Å². The second-order valence-corrected chi connectivity index (χ2v) is 2.72. The van der Waals surface area contributed by atoms with E-state index >= 15 is 0 Å². The molecule has 0 aromatic heterocycles. The Morgan fingerprint density at radius 2 is 1.46 bits per heavy atom. The van der Waals surface area contributed by atoms with Crippen LogP contribution in [0.1, 0.15) is 0 Å². The molecule has 0 spiro atoms. The van der Waals surface area contributed by atoms with Gasteiger partial charge in [-0.25, -0.2) is 0 Å². The SMILES string of the molecule is OC[C@H]1O[C@H](O)[C@H](O)[C@@H](O)[C@@H]1O.[Na]. The molecule has 0 unspecified atom stereocenters. The van der Waals surface area contributed by atoms with E-state index in [2.05, 4.69) is 4.74 Å². The van der Waals surface area contributed by atoms with Crippen LogP contribution in [0.2, 0.25) is 0 Å². The first-order valence-corrected chi connectivity index (χ1v) is 3.56. The summed E-state index contributed by atoms with van der Waals surface area (Å²) in [5, 5.41) is 44.7. The number of hydrogen-bond acceptors (Lipinski definition) is 6. The fourth-order valence-electron chi connectivity index (χ4n) is 1.08. The first-order valence-electron chi connectivity index (χ1n) is 3.56. The van der Waals surface area contributed by atoms with Gasteiger partial charge in [0.1, 0.15) is 24.4 Å². The topological polar surface area (TPSA) is 110 Å². The Balaban J connectivity index is 0.00000144. The van der Waals surface area contributed by atoms with Crippen molar-refractivity contribution in [2.45, 2.75) is 30.7 Å². The molecule has 5 atom stereocenters. The van der Waals surface area contributed by atoms with Gasteiger partial charge < -0.3 is 30.3 Å². The molecule has 13 heavy (non-hydrogen) atoms. The Morgan fingerprint density at radius 1 is 0.923 bits per heavy atom. The molecule has 1 aliphatic rings. The summed E-state index contributed by atoms with van der Waals surface area (Å²) in [6.45, 7) is -0.526. The predicted octanol–water partition coefficient (Wildman–Crippen LogP) is -3.60. The third kappa shape index (κ3) is 2.85. The van der Waals surface area contributed by atoms with Crippen molar-refractivity contribution < 1.29 is 30.3 Å². The summed E-state index contributed by atoms with van der Waals surface area (Å²) in [6.07, 6.45) is -7.04. The van der Waals surface area contributed by atoms with Crippen LogP contribution < -0.4 is 0 Å². The van der Waals surface area contributed by atoms with Gasteiger partial charge in [0.15, 0.2) is 6.29 Å². The maximum absolute atomic E-state index is 9.12. The number of hydrogen-bond donors (Lipinski definition) is 5. The largest absolute Gasteiger partial charge is 0.394 e. The van der Waals surface area contributed by atoms with E-state index < -0.39 is 37.3 Å². The van der Waals surface area contributed by atoms with Crippen LogP contribution in [-0.4, -0.2) is 92.4 Å². The maximum atomic E-state index is 9.12. The summed E-state index contributed by atoms with van der Waals surface area (Å²) in [5.41, 5.74) is 0. The molecule has 1 rings (SSSR count). The van der Waals surface area contributed by atoms with Crippen LogP contribution in [0.25, 0.3) is 0 Å². The average molecular weight is 203 g/mol. The quantitative estimate of drug-likeness (QED) is 0.282. The van der Waals surface area contributed by atoms with Crippen molar-refractivity contribution in [1.82, 2.24) is 0 Å². The summed E-state index contributed by atoms with van der Waals surface area (Å²) in [7, 11) is 0. The number of aliphatic hydroxyl groups is 5. The van der Waals surface area contributed by atoms with Crippen LogP contribution in [0.3, 0.4) is 0 Å². The summed E-state index contributed by atoms with van der Waals surface area (Å²) >= 11 is 0. The number of ether oxygens (including phenoxy) is 1. The van der Waals surface area contributed by atoms with Crippen molar-refractivity contribution in [1.29, 1.82) is 0 Å². The molecule has 6 nitrogen and oxygen atoms in total. The van der Waals surface area contributed by atoms with Crippen molar-refractivity contribution in [3.05, 3.63) is 0 Å². The van der Waals surface area contributed by atoms with Gasteiger partial charge in [-0.3, -0.25) is 0 Å². The first kappa shape index (κ1) is 13.8. The third-order valence-electron chi connectivity index (χ3n) is 1.87. The molecule has 0 aromatic rings. The van der Waals surface area contributed by atoms with Crippen LogP contribution in [-0.2, 0) is 4.74 Å². The molecular weight excluding hydrogens is 191 g/mol. The van der Waals surface area contributed by atoms with E-state index in [1.54, 1.807) is 0 Å². The Labute approximate surface area is 97.1 Å². The van der Waals surface area contributed by atoms with Gasteiger partial charge in [0.2, 0.25) is 0 Å². The zero-order chi connectivity index (χ0) is 9.30. The first-order chi connectivity index (χ1) is 5.57. The van der Waals surface area contributed by atoms with Gasteiger partial charge in [-0.05, 0) is 0 Å². The van der Waals surface area contributed by atoms with Crippen LogP contribution in [0.5, 0.6) is 0 Å². The van der Waals surface area contributed by atoms with Crippen LogP contribution >= 0.6 is 0 Å². The molecule has 0 amide bonds. The van der Waals surface area contributed by atoms with Gasteiger partial charge in [-0.1, -0.05) is 0 Å². The van der Waals surface area contributed by atoms with E-state index in [-0.39, 0.29) is 29.6 Å². The predicted molar refractivity (Wildman–Crippen MR) is 41.7 cm³/mol. The van der Waals surface area contributed by atoms with E-state index in [0.29, 0.717) is 0 Å². The molecule has 1 radical (unpaired) electrons. The number of aliphatic hydroxyl groups excluding tert-OH is 5. The zero-order valence-electron chi connectivity index (χ0n) is 7.24. The molecule has 1 heterocycles. The molecule has 0 saturated carbocycles. The van der Waals surface area contributed by atoms with Gasteiger partial charge in [0, 0.05) is 29.6 Å². The van der Waals surface area contributed by atoms with Gasteiger partial charge in [0.25, 0.3) is 0 Å². The molecule has 73 valence electrons. The van der Waals surface area contributed by atoms with Crippen molar-refractivity contribution in [3.63, 3.8) is 0 Å². The molecule has 5 N–H and O–H groups in total. The molecular formula is C6H12NaO6. The second-order valence-electron chi connectivity index (χ2n) is 2.72. The minimum Gasteiger partial charge on any atom is -0.394 e. The van der Waals surface area contributed by atoms with E-state index in [9.17, 15) is 0 Å². The van der Waals surface area contributed by atoms with Crippen LogP contribution in [0, 0.1) is 0 Å². The monoisotopic (exact) mass is 203 g/mol. The van der Waals surface area contributed by atoms with E-state index in [1.165, 1.54) is 0 Å². The average Bonchev–Trinajstić information content (AvgIpc) is 2.08. The number of rotatable bonds is 1. The smallest absolute Gasteiger partial charge is 0.184 e. The molecule has 0 aliphatic carbocycles. The molecule has 1 saturated heterocycles. The Hall–Kier alpha value is 0.760. The summed E-state index contributed by atoms with van der Waals surface area (Å²) in [4.78, 5) is 0. The summed E-state index contributed by atoms with van der Waals surface area (Å²) < 4.78 is 4.58. The standard InChI is InChI=1S/C6H12O6.Na/c7-1-2-3(8)4(9)5(10)6(11)12-2;/h2-11H,1H2;/t2-,3-,4+,5-,6+;/m1./s1. The van der Waals surface area contributed by atoms with Gasteiger partial charge in [-0.15, -0.1) is 0 Å². The summed E-state index contributed by atoms with van der Waals surface area (Å²) in [6, 6.07) is 0.